The van der Waals surface area contributed by atoms with Crippen molar-refractivity contribution in [3.63, 3.8) is 0 Å². The SMILES string of the molecule is CC1CCC(C)C(NC2CCCCCCC2)C1. The third-order valence-electron chi connectivity index (χ3n) is 5.01. The Hall–Kier alpha value is -0.0400. The van der Waals surface area contributed by atoms with Gasteiger partial charge in [0.25, 0.3) is 0 Å². The summed E-state index contributed by atoms with van der Waals surface area (Å²) in [5.74, 6) is 1.84. The molecule has 0 radical (unpaired) electrons. The molecule has 1 N–H and O–H groups in total. The van der Waals surface area contributed by atoms with E-state index in [4.69, 9.17) is 0 Å². The highest BCUT2D eigenvalue weighted by molar-refractivity contribution is 4.84. The van der Waals surface area contributed by atoms with Crippen molar-refractivity contribution in [1.82, 2.24) is 5.32 Å². The second kappa shape index (κ2) is 6.78. The van der Waals surface area contributed by atoms with Crippen LogP contribution in [0.2, 0.25) is 0 Å². The van der Waals surface area contributed by atoms with Crippen LogP contribution in [-0.4, -0.2) is 12.1 Å². The summed E-state index contributed by atoms with van der Waals surface area (Å²) in [5, 5.41) is 4.01. The Morgan fingerprint density at radius 1 is 0.765 bits per heavy atom. The summed E-state index contributed by atoms with van der Waals surface area (Å²) < 4.78 is 0. The molecule has 0 amide bonds. The number of hydrogen-bond donors (Lipinski definition) is 1. The Balaban J connectivity index is 1.80. The van der Waals surface area contributed by atoms with E-state index in [2.05, 4.69) is 19.2 Å². The minimum atomic E-state index is 0.808. The van der Waals surface area contributed by atoms with E-state index in [9.17, 15) is 0 Å². The first-order valence-corrected chi connectivity index (χ1v) is 8.01. The predicted molar refractivity (Wildman–Crippen MR) is 75.2 cm³/mol. The van der Waals surface area contributed by atoms with Crippen molar-refractivity contribution >= 4 is 0 Å². The van der Waals surface area contributed by atoms with Crippen molar-refractivity contribution in [3.05, 3.63) is 0 Å². The molecule has 0 bridgehead atoms. The fourth-order valence-corrected chi connectivity index (χ4v) is 3.69. The molecule has 3 unspecified atom stereocenters. The molecule has 1 nitrogen and oxygen atoms in total. The van der Waals surface area contributed by atoms with Crippen LogP contribution in [0.5, 0.6) is 0 Å². The maximum absolute atomic E-state index is 4.01. The van der Waals surface area contributed by atoms with E-state index >= 15 is 0 Å². The van der Waals surface area contributed by atoms with Crippen molar-refractivity contribution in [2.24, 2.45) is 11.8 Å². The van der Waals surface area contributed by atoms with Gasteiger partial charge in [0, 0.05) is 12.1 Å². The molecule has 0 heterocycles. The molecule has 2 aliphatic carbocycles. The zero-order valence-electron chi connectivity index (χ0n) is 11.9. The van der Waals surface area contributed by atoms with Gasteiger partial charge >= 0.3 is 0 Å². The molecular formula is C16H31N. The molecule has 2 aliphatic rings. The van der Waals surface area contributed by atoms with Crippen LogP contribution in [0.15, 0.2) is 0 Å². The summed E-state index contributed by atoms with van der Waals surface area (Å²) in [6.45, 7) is 4.88. The first-order chi connectivity index (χ1) is 8.25. The normalized spacial score (nSPS) is 37.4. The lowest BCUT2D eigenvalue weighted by Gasteiger charge is -2.36. The highest BCUT2D eigenvalue weighted by Crippen LogP contribution is 2.29. The average molecular weight is 237 g/mol. The van der Waals surface area contributed by atoms with Crippen molar-refractivity contribution in [1.29, 1.82) is 0 Å². The fraction of sp³-hybridized carbons (Fsp3) is 1.00. The Morgan fingerprint density at radius 2 is 1.41 bits per heavy atom. The zero-order valence-corrected chi connectivity index (χ0v) is 11.9. The summed E-state index contributed by atoms with van der Waals surface area (Å²) in [6, 6.07) is 1.64. The van der Waals surface area contributed by atoms with Gasteiger partial charge in [0.1, 0.15) is 0 Å². The quantitative estimate of drug-likeness (QED) is 0.745. The van der Waals surface area contributed by atoms with E-state index in [0.717, 1.165) is 23.9 Å². The van der Waals surface area contributed by atoms with Gasteiger partial charge in [0.15, 0.2) is 0 Å². The molecule has 0 spiro atoms. The van der Waals surface area contributed by atoms with Gasteiger partial charge in [-0.15, -0.1) is 0 Å². The van der Waals surface area contributed by atoms with E-state index in [1.165, 1.54) is 64.2 Å². The molecular weight excluding hydrogens is 206 g/mol. The minimum Gasteiger partial charge on any atom is -0.311 e. The zero-order chi connectivity index (χ0) is 12.1. The van der Waals surface area contributed by atoms with Crippen LogP contribution in [0.1, 0.15) is 78.1 Å². The second-order valence-corrected chi connectivity index (χ2v) is 6.71. The highest BCUT2D eigenvalue weighted by Gasteiger charge is 2.27. The van der Waals surface area contributed by atoms with Gasteiger partial charge in [-0.05, 0) is 37.5 Å². The summed E-state index contributed by atoms with van der Waals surface area (Å²) in [5.41, 5.74) is 0. The maximum Gasteiger partial charge on any atom is 0.00978 e. The monoisotopic (exact) mass is 237 g/mol. The Morgan fingerprint density at radius 3 is 2.12 bits per heavy atom. The van der Waals surface area contributed by atoms with Crippen molar-refractivity contribution in [2.45, 2.75) is 90.1 Å². The minimum absolute atomic E-state index is 0.808. The van der Waals surface area contributed by atoms with Crippen molar-refractivity contribution in [3.8, 4) is 0 Å². The van der Waals surface area contributed by atoms with Gasteiger partial charge < -0.3 is 5.32 Å². The Labute approximate surface area is 108 Å². The molecule has 3 atom stereocenters. The molecule has 0 saturated heterocycles. The van der Waals surface area contributed by atoms with Gasteiger partial charge in [-0.2, -0.15) is 0 Å². The smallest absolute Gasteiger partial charge is 0.00978 e. The third kappa shape index (κ3) is 4.28. The van der Waals surface area contributed by atoms with Crippen LogP contribution >= 0.6 is 0 Å². The van der Waals surface area contributed by atoms with Crippen LogP contribution in [0.3, 0.4) is 0 Å². The van der Waals surface area contributed by atoms with Crippen molar-refractivity contribution < 1.29 is 0 Å². The van der Waals surface area contributed by atoms with Crippen LogP contribution in [0, 0.1) is 11.8 Å². The first-order valence-electron chi connectivity index (χ1n) is 8.01. The summed E-state index contributed by atoms with van der Waals surface area (Å²) in [4.78, 5) is 0. The number of hydrogen-bond acceptors (Lipinski definition) is 1. The molecule has 2 saturated carbocycles. The van der Waals surface area contributed by atoms with Crippen LogP contribution < -0.4 is 5.32 Å². The Kier molecular flexibility index (Phi) is 5.34. The van der Waals surface area contributed by atoms with E-state index in [-0.39, 0.29) is 0 Å². The lowest BCUT2D eigenvalue weighted by Crippen LogP contribution is -2.45. The maximum atomic E-state index is 4.01. The van der Waals surface area contributed by atoms with E-state index in [0.29, 0.717) is 0 Å². The first kappa shape index (κ1) is 13.4. The average Bonchev–Trinajstić information content (AvgIpc) is 2.27. The summed E-state index contributed by atoms with van der Waals surface area (Å²) in [7, 11) is 0. The fourth-order valence-electron chi connectivity index (χ4n) is 3.69. The van der Waals surface area contributed by atoms with E-state index in [1.807, 2.05) is 0 Å². The van der Waals surface area contributed by atoms with Crippen molar-refractivity contribution in [2.75, 3.05) is 0 Å². The molecule has 0 aromatic carbocycles. The third-order valence-corrected chi connectivity index (χ3v) is 5.01. The molecule has 100 valence electrons. The number of nitrogens with one attached hydrogen (secondary N) is 1. The van der Waals surface area contributed by atoms with Crippen LogP contribution in [0.25, 0.3) is 0 Å². The molecule has 0 aromatic rings. The molecule has 2 fully saturated rings. The van der Waals surface area contributed by atoms with Gasteiger partial charge in [0.05, 0.1) is 0 Å². The largest absolute Gasteiger partial charge is 0.311 e. The van der Waals surface area contributed by atoms with E-state index < -0.39 is 0 Å². The molecule has 17 heavy (non-hydrogen) atoms. The van der Waals surface area contributed by atoms with Gasteiger partial charge in [-0.1, -0.05) is 52.4 Å². The Bertz CT molecular complexity index is 206. The summed E-state index contributed by atoms with van der Waals surface area (Å²) >= 11 is 0. The van der Waals surface area contributed by atoms with Gasteiger partial charge in [0.2, 0.25) is 0 Å². The number of rotatable bonds is 2. The van der Waals surface area contributed by atoms with Crippen LogP contribution in [-0.2, 0) is 0 Å². The highest BCUT2D eigenvalue weighted by atomic mass is 15.0. The molecule has 0 aliphatic heterocycles. The molecule has 2 rings (SSSR count). The van der Waals surface area contributed by atoms with E-state index in [1.54, 1.807) is 0 Å². The molecule has 1 heteroatoms. The lowest BCUT2D eigenvalue weighted by atomic mass is 9.79. The standard InChI is InChI=1S/C16H31N/c1-13-10-11-14(2)16(12-13)17-15-8-6-4-3-5-7-9-15/h13-17H,3-12H2,1-2H3. The second-order valence-electron chi connectivity index (χ2n) is 6.71. The van der Waals surface area contributed by atoms with Crippen LogP contribution in [0.4, 0.5) is 0 Å². The lowest BCUT2D eigenvalue weighted by molar-refractivity contribution is 0.202. The molecule has 0 aromatic heterocycles. The topological polar surface area (TPSA) is 12.0 Å². The van der Waals surface area contributed by atoms with Gasteiger partial charge in [-0.25, -0.2) is 0 Å². The summed E-state index contributed by atoms with van der Waals surface area (Å²) in [6.07, 6.45) is 14.5. The predicted octanol–water partition coefficient (Wildman–Crippen LogP) is 4.51. The van der Waals surface area contributed by atoms with Gasteiger partial charge in [-0.3, -0.25) is 0 Å².